The number of β-amino-alcohol motifs (C(OH)–C–C–N with tert-alkyl or cyclic N) is 1. The number of carbonyl (C=O) groups is 1. The molecule has 9 heteroatoms. The molecule has 1 atom stereocenters. The van der Waals surface area contributed by atoms with Crippen molar-refractivity contribution in [3.05, 3.63) is 65.7 Å². The summed E-state index contributed by atoms with van der Waals surface area (Å²) in [5.41, 5.74) is 1.34. The van der Waals surface area contributed by atoms with Crippen LogP contribution in [0.1, 0.15) is 54.4 Å². The van der Waals surface area contributed by atoms with Gasteiger partial charge < -0.3 is 15.2 Å². The molecule has 35 heavy (non-hydrogen) atoms. The number of rotatable bonds is 8. The van der Waals surface area contributed by atoms with Gasteiger partial charge in [-0.25, -0.2) is 0 Å². The highest BCUT2D eigenvalue weighted by molar-refractivity contribution is 7.87. The molecule has 0 aromatic heterocycles. The predicted octanol–water partition coefficient (Wildman–Crippen LogP) is 2.60. The second-order valence-corrected chi connectivity index (χ2v) is 11.3. The summed E-state index contributed by atoms with van der Waals surface area (Å²) in [6, 6.07) is 17.1. The van der Waals surface area contributed by atoms with Crippen LogP contribution >= 0.6 is 0 Å². The van der Waals surface area contributed by atoms with Crippen molar-refractivity contribution >= 4 is 16.1 Å². The Bertz CT molecular complexity index is 1100. The van der Waals surface area contributed by atoms with Crippen molar-refractivity contribution in [1.82, 2.24) is 14.3 Å². The van der Waals surface area contributed by atoms with Crippen molar-refractivity contribution in [2.24, 2.45) is 0 Å². The average Bonchev–Trinajstić information content (AvgIpc) is 2.88. The number of nitrogens with zero attached hydrogens (tertiary/aromatic N) is 1. The van der Waals surface area contributed by atoms with Crippen LogP contribution in [0.25, 0.3) is 0 Å². The first kappa shape index (κ1) is 25.6. The van der Waals surface area contributed by atoms with E-state index >= 15 is 0 Å². The van der Waals surface area contributed by atoms with Gasteiger partial charge in [-0.15, -0.1) is 0 Å². The summed E-state index contributed by atoms with van der Waals surface area (Å²) in [6.07, 6.45) is 3.48. The first-order valence-corrected chi connectivity index (χ1v) is 13.7. The first-order chi connectivity index (χ1) is 16.8. The average molecular weight is 502 g/mol. The van der Waals surface area contributed by atoms with E-state index in [1.54, 1.807) is 19.2 Å². The van der Waals surface area contributed by atoms with E-state index in [1.165, 1.54) is 4.31 Å². The third-order valence-corrected chi connectivity index (χ3v) is 8.93. The highest BCUT2D eigenvalue weighted by Crippen LogP contribution is 2.39. The van der Waals surface area contributed by atoms with E-state index in [1.807, 2.05) is 30.3 Å². The summed E-state index contributed by atoms with van der Waals surface area (Å²) < 4.78 is 35.4. The molecule has 0 radical (unpaired) electrons. The largest absolute Gasteiger partial charge is 0.496 e. The van der Waals surface area contributed by atoms with E-state index in [0.717, 1.165) is 18.4 Å². The Morgan fingerprint density at radius 3 is 2.46 bits per heavy atom. The maximum absolute atomic E-state index is 13.0. The fraction of sp³-hybridized carbons (Fsp3) is 0.500. The van der Waals surface area contributed by atoms with Gasteiger partial charge in [0.2, 0.25) is 0 Å². The summed E-state index contributed by atoms with van der Waals surface area (Å²) in [5.74, 6) is 0.337. The van der Waals surface area contributed by atoms with Crippen LogP contribution in [0.5, 0.6) is 5.75 Å². The number of para-hydroxylation sites is 1. The normalized spacial score (nSPS) is 25.7. The van der Waals surface area contributed by atoms with Crippen molar-refractivity contribution in [3.8, 4) is 5.75 Å². The number of amides is 1. The van der Waals surface area contributed by atoms with Gasteiger partial charge in [-0.2, -0.15) is 17.4 Å². The molecule has 1 heterocycles. The smallest absolute Gasteiger partial charge is 0.279 e. The lowest BCUT2D eigenvalue weighted by Crippen LogP contribution is -2.52. The van der Waals surface area contributed by atoms with Gasteiger partial charge in [0.1, 0.15) is 5.75 Å². The van der Waals surface area contributed by atoms with Crippen molar-refractivity contribution in [2.75, 3.05) is 26.7 Å². The quantitative estimate of drug-likeness (QED) is 0.515. The van der Waals surface area contributed by atoms with Crippen molar-refractivity contribution in [2.45, 2.75) is 56.1 Å². The Balaban J connectivity index is 1.44. The zero-order valence-corrected chi connectivity index (χ0v) is 21.0. The number of benzene rings is 2. The predicted molar refractivity (Wildman–Crippen MR) is 135 cm³/mol. The first-order valence-electron chi connectivity index (χ1n) is 12.3. The summed E-state index contributed by atoms with van der Waals surface area (Å²) in [7, 11) is -2.10. The fourth-order valence-corrected chi connectivity index (χ4v) is 6.79. The summed E-state index contributed by atoms with van der Waals surface area (Å²) in [6.45, 7) is 1.03. The van der Waals surface area contributed by atoms with Crippen LogP contribution in [0.3, 0.4) is 0 Å². The van der Waals surface area contributed by atoms with E-state index in [-0.39, 0.29) is 23.9 Å². The zero-order chi connectivity index (χ0) is 24.9. The number of piperidine rings is 1. The topological polar surface area (TPSA) is 108 Å². The van der Waals surface area contributed by atoms with E-state index in [9.17, 15) is 18.3 Å². The molecule has 4 rings (SSSR count). The molecule has 1 saturated heterocycles. The molecule has 2 aromatic rings. The molecule has 1 amide bonds. The molecule has 190 valence electrons. The minimum atomic E-state index is -3.65. The van der Waals surface area contributed by atoms with Crippen molar-refractivity contribution in [3.63, 3.8) is 0 Å². The highest BCUT2D eigenvalue weighted by atomic mass is 32.2. The number of hydrogen-bond acceptors (Lipinski definition) is 5. The number of methoxy groups -OCH3 is 1. The van der Waals surface area contributed by atoms with Gasteiger partial charge in [0.15, 0.2) is 0 Å². The number of hydrogen-bond donors (Lipinski definition) is 3. The Morgan fingerprint density at radius 2 is 1.77 bits per heavy atom. The molecular formula is C26H35N3O5S. The number of nitrogens with one attached hydrogen (secondary N) is 2. The van der Waals surface area contributed by atoms with Crippen LogP contribution in [0.4, 0.5) is 0 Å². The maximum atomic E-state index is 13.0. The minimum Gasteiger partial charge on any atom is -0.496 e. The molecule has 1 aliphatic heterocycles. The van der Waals surface area contributed by atoms with E-state index in [2.05, 4.69) is 22.2 Å². The Morgan fingerprint density at radius 1 is 1.09 bits per heavy atom. The second kappa shape index (κ2) is 11.1. The highest BCUT2D eigenvalue weighted by Gasteiger charge is 2.39. The van der Waals surface area contributed by atoms with Gasteiger partial charge in [-0.3, -0.25) is 4.79 Å². The van der Waals surface area contributed by atoms with Crippen LogP contribution < -0.4 is 14.8 Å². The van der Waals surface area contributed by atoms with Crippen LogP contribution in [-0.2, 0) is 15.6 Å². The third kappa shape index (κ3) is 6.03. The molecule has 2 aromatic carbocycles. The lowest BCUT2D eigenvalue weighted by molar-refractivity contribution is 0.0931. The van der Waals surface area contributed by atoms with Crippen LogP contribution in [0.2, 0.25) is 0 Å². The SMILES string of the molecule is COc1ccccc1C(=O)NC[C@]1(c2ccccc2)CC[C@H](NS(=O)(=O)N2CCCC(O)C2)CC1. The van der Waals surface area contributed by atoms with E-state index in [4.69, 9.17) is 4.74 Å². The standard InChI is InChI=1S/C26H35N3O5S/c1-34-24-12-6-5-11-23(24)25(31)27-19-26(20-8-3-2-4-9-20)15-13-21(14-16-26)28-35(32,33)29-17-7-10-22(30)18-29/h2-6,8-9,11-12,21-22,28,30H,7,10,13-19H2,1H3,(H,27,31)/t21-,22?,26-. The van der Waals surface area contributed by atoms with Gasteiger partial charge in [0.05, 0.1) is 18.8 Å². The Hall–Kier alpha value is -2.46. The lowest BCUT2D eigenvalue weighted by Gasteiger charge is -2.41. The summed E-state index contributed by atoms with van der Waals surface area (Å²) >= 11 is 0. The van der Waals surface area contributed by atoms with Crippen molar-refractivity contribution in [1.29, 1.82) is 0 Å². The number of aliphatic hydroxyl groups excluding tert-OH is 1. The van der Waals surface area contributed by atoms with Crippen molar-refractivity contribution < 1.29 is 23.1 Å². The number of carbonyl (C=O) groups excluding carboxylic acids is 1. The Labute approximate surface area is 207 Å². The number of ether oxygens (including phenoxy) is 1. The minimum absolute atomic E-state index is 0.144. The molecule has 1 aliphatic carbocycles. The number of aliphatic hydroxyl groups is 1. The van der Waals surface area contributed by atoms with E-state index in [0.29, 0.717) is 50.1 Å². The second-order valence-electron chi connectivity index (χ2n) is 9.58. The summed E-state index contributed by atoms with van der Waals surface area (Å²) in [5, 5.41) is 13.0. The molecule has 2 aliphatic rings. The van der Waals surface area contributed by atoms with Crippen LogP contribution in [0.15, 0.2) is 54.6 Å². The van der Waals surface area contributed by atoms with Crippen LogP contribution in [-0.4, -0.2) is 62.6 Å². The van der Waals surface area contributed by atoms with Gasteiger partial charge >= 0.3 is 0 Å². The lowest BCUT2D eigenvalue weighted by atomic mass is 9.68. The molecule has 0 spiro atoms. The molecule has 3 N–H and O–H groups in total. The van der Waals surface area contributed by atoms with Gasteiger partial charge in [-0.1, -0.05) is 42.5 Å². The van der Waals surface area contributed by atoms with Crippen LogP contribution in [0, 0.1) is 0 Å². The molecular weight excluding hydrogens is 466 g/mol. The Kier molecular flexibility index (Phi) is 8.11. The molecule has 1 unspecified atom stereocenters. The molecule has 2 fully saturated rings. The molecule has 8 nitrogen and oxygen atoms in total. The zero-order valence-electron chi connectivity index (χ0n) is 20.2. The van der Waals surface area contributed by atoms with Gasteiger partial charge in [0.25, 0.3) is 16.1 Å². The van der Waals surface area contributed by atoms with Gasteiger partial charge in [0, 0.05) is 31.1 Å². The molecule has 1 saturated carbocycles. The van der Waals surface area contributed by atoms with E-state index < -0.39 is 16.3 Å². The fourth-order valence-electron chi connectivity index (χ4n) is 5.25. The monoisotopic (exact) mass is 501 g/mol. The maximum Gasteiger partial charge on any atom is 0.279 e. The third-order valence-electron chi connectivity index (χ3n) is 7.28. The van der Waals surface area contributed by atoms with Gasteiger partial charge in [-0.05, 0) is 56.2 Å². The summed E-state index contributed by atoms with van der Waals surface area (Å²) in [4.78, 5) is 13.0. The molecule has 0 bridgehead atoms.